The molecule has 0 spiro atoms. The van der Waals surface area contributed by atoms with Gasteiger partial charge >= 0.3 is 0 Å². The third-order valence-corrected chi connectivity index (χ3v) is 5.03. The van der Waals surface area contributed by atoms with Crippen LogP contribution in [0.1, 0.15) is 39.7 Å². The van der Waals surface area contributed by atoms with Crippen LogP contribution in [0.5, 0.6) is 0 Å². The Bertz CT molecular complexity index is 423. The summed E-state index contributed by atoms with van der Waals surface area (Å²) in [4.78, 5) is 1.37. The van der Waals surface area contributed by atoms with Crippen LogP contribution in [0.15, 0.2) is 23.1 Å². The van der Waals surface area contributed by atoms with Gasteiger partial charge in [0.2, 0.25) is 0 Å². The van der Waals surface area contributed by atoms with E-state index in [-0.39, 0.29) is 5.41 Å². The molecule has 2 nitrogen and oxygen atoms in total. The van der Waals surface area contributed by atoms with Gasteiger partial charge in [0.1, 0.15) is 0 Å². The number of benzene rings is 1. The van der Waals surface area contributed by atoms with Crippen LogP contribution < -0.4 is 11.1 Å². The number of anilines is 1. The van der Waals surface area contributed by atoms with Crippen LogP contribution in [0, 0.1) is 0 Å². The normalized spacial score (nSPS) is 23.4. The maximum Gasteiger partial charge on any atom is 0.0518 e. The van der Waals surface area contributed by atoms with Gasteiger partial charge in [0, 0.05) is 16.2 Å². The molecule has 3 heteroatoms. The van der Waals surface area contributed by atoms with Gasteiger partial charge in [-0.2, -0.15) is 0 Å². The molecule has 0 amide bonds. The number of nitrogens with two attached hydrogens (primary N) is 1. The van der Waals surface area contributed by atoms with Crippen molar-refractivity contribution in [1.82, 2.24) is 0 Å². The minimum absolute atomic E-state index is 0.180. The predicted molar refractivity (Wildman–Crippen MR) is 81.5 cm³/mol. The van der Waals surface area contributed by atoms with Gasteiger partial charge < -0.3 is 11.1 Å². The fourth-order valence-electron chi connectivity index (χ4n) is 2.46. The Morgan fingerprint density at radius 1 is 1.33 bits per heavy atom. The fraction of sp³-hybridized carbons (Fsp3) is 0.600. The van der Waals surface area contributed by atoms with Crippen LogP contribution in [0.2, 0.25) is 0 Å². The van der Waals surface area contributed by atoms with Crippen LogP contribution in [0.3, 0.4) is 0 Å². The molecule has 0 aromatic heterocycles. The summed E-state index contributed by atoms with van der Waals surface area (Å²) in [5.41, 5.74) is 8.62. The molecule has 2 unspecified atom stereocenters. The monoisotopic (exact) mass is 264 g/mol. The van der Waals surface area contributed by atoms with E-state index in [0.29, 0.717) is 11.3 Å². The average molecular weight is 264 g/mol. The number of thioether (sulfide) groups is 1. The Balaban J connectivity index is 2.36. The first-order valence-electron chi connectivity index (χ1n) is 6.70. The van der Waals surface area contributed by atoms with E-state index in [9.17, 15) is 0 Å². The molecule has 1 aromatic rings. The van der Waals surface area contributed by atoms with Crippen LogP contribution in [-0.2, 0) is 5.41 Å². The number of hydrogen-bond donors (Lipinski definition) is 2. The van der Waals surface area contributed by atoms with Gasteiger partial charge in [0.25, 0.3) is 0 Å². The van der Waals surface area contributed by atoms with Crippen molar-refractivity contribution in [1.29, 1.82) is 0 Å². The average Bonchev–Trinajstić information content (AvgIpc) is 2.28. The Morgan fingerprint density at radius 3 is 2.67 bits per heavy atom. The van der Waals surface area contributed by atoms with E-state index in [1.165, 1.54) is 16.1 Å². The molecule has 0 saturated carbocycles. The van der Waals surface area contributed by atoms with Gasteiger partial charge in [-0.15, -0.1) is 11.8 Å². The molecule has 2 rings (SSSR count). The van der Waals surface area contributed by atoms with Crippen molar-refractivity contribution in [2.24, 2.45) is 5.73 Å². The van der Waals surface area contributed by atoms with Crippen molar-refractivity contribution in [2.45, 2.75) is 55.7 Å². The third-order valence-electron chi connectivity index (χ3n) is 3.49. The molecule has 0 fully saturated rings. The molecule has 0 aliphatic carbocycles. The van der Waals surface area contributed by atoms with E-state index in [2.05, 4.69) is 51.2 Å². The zero-order valence-electron chi connectivity index (χ0n) is 11.8. The highest BCUT2D eigenvalue weighted by atomic mass is 32.2. The zero-order valence-corrected chi connectivity index (χ0v) is 12.6. The zero-order chi connectivity index (χ0) is 13.3. The lowest BCUT2D eigenvalue weighted by Gasteiger charge is -2.35. The molecule has 1 aromatic carbocycles. The fourth-order valence-corrected chi connectivity index (χ4v) is 3.76. The van der Waals surface area contributed by atoms with E-state index in [1.54, 1.807) is 0 Å². The highest BCUT2D eigenvalue weighted by Gasteiger charge is 2.29. The van der Waals surface area contributed by atoms with Gasteiger partial charge in [-0.05, 0) is 36.9 Å². The van der Waals surface area contributed by atoms with Gasteiger partial charge in [-0.1, -0.05) is 32.9 Å². The number of rotatable bonds is 2. The molecular formula is C15H24N2S. The highest BCUT2D eigenvalue weighted by Crippen LogP contribution is 2.43. The molecule has 0 radical (unpaired) electrons. The van der Waals surface area contributed by atoms with E-state index in [4.69, 9.17) is 5.73 Å². The molecule has 1 heterocycles. The quantitative estimate of drug-likeness (QED) is 0.857. The lowest BCUT2D eigenvalue weighted by atomic mass is 9.85. The second-order valence-corrected chi connectivity index (χ2v) is 7.38. The summed E-state index contributed by atoms with van der Waals surface area (Å²) in [7, 11) is 0. The van der Waals surface area contributed by atoms with Crippen LogP contribution in [-0.4, -0.2) is 17.8 Å². The van der Waals surface area contributed by atoms with Crippen molar-refractivity contribution in [2.75, 3.05) is 11.9 Å². The summed E-state index contributed by atoms with van der Waals surface area (Å²) < 4.78 is 0. The summed E-state index contributed by atoms with van der Waals surface area (Å²) >= 11 is 1.98. The molecule has 1 aliphatic rings. The van der Waals surface area contributed by atoms with Crippen LogP contribution in [0.4, 0.5) is 5.69 Å². The van der Waals surface area contributed by atoms with Crippen molar-refractivity contribution in [3.8, 4) is 0 Å². The van der Waals surface area contributed by atoms with Gasteiger partial charge in [-0.25, -0.2) is 0 Å². The van der Waals surface area contributed by atoms with Crippen molar-refractivity contribution in [3.05, 3.63) is 23.8 Å². The van der Waals surface area contributed by atoms with E-state index < -0.39 is 0 Å². The summed E-state index contributed by atoms with van der Waals surface area (Å²) in [6.45, 7) is 9.83. The lowest BCUT2D eigenvalue weighted by Crippen LogP contribution is -2.34. The Kier molecular flexibility index (Phi) is 3.93. The number of fused-ring (bicyclic) bond motifs is 1. The third kappa shape index (κ3) is 2.67. The van der Waals surface area contributed by atoms with Crippen molar-refractivity contribution >= 4 is 17.4 Å². The second kappa shape index (κ2) is 5.14. The molecule has 0 saturated heterocycles. The first-order valence-corrected chi connectivity index (χ1v) is 7.58. The van der Waals surface area contributed by atoms with Crippen molar-refractivity contribution < 1.29 is 0 Å². The number of para-hydroxylation sites is 1. The Labute approximate surface area is 115 Å². The summed E-state index contributed by atoms with van der Waals surface area (Å²) in [6, 6.07) is 7.11. The predicted octanol–water partition coefficient (Wildman–Crippen LogP) is 3.61. The summed E-state index contributed by atoms with van der Waals surface area (Å²) in [5, 5.41) is 4.27. The van der Waals surface area contributed by atoms with E-state index in [0.717, 1.165) is 13.0 Å². The molecule has 1 aliphatic heterocycles. The maximum atomic E-state index is 5.70. The van der Waals surface area contributed by atoms with Crippen LogP contribution >= 0.6 is 11.8 Å². The second-order valence-electron chi connectivity index (χ2n) is 6.10. The maximum absolute atomic E-state index is 5.70. The van der Waals surface area contributed by atoms with E-state index >= 15 is 0 Å². The first kappa shape index (κ1) is 13.8. The molecule has 18 heavy (non-hydrogen) atoms. The molecule has 0 bridgehead atoms. The summed E-state index contributed by atoms with van der Waals surface area (Å²) in [5.74, 6) is 0. The lowest BCUT2D eigenvalue weighted by molar-refractivity contribution is 0.585. The first-order chi connectivity index (χ1) is 8.43. The number of nitrogens with one attached hydrogen (secondary N) is 1. The summed E-state index contributed by atoms with van der Waals surface area (Å²) in [6.07, 6.45) is 1.07. The van der Waals surface area contributed by atoms with Gasteiger partial charge in [0.05, 0.1) is 5.69 Å². The minimum Gasteiger partial charge on any atom is -0.380 e. The molecule has 100 valence electrons. The Hall–Kier alpha value is -0.670. The molecule has 2 atom stereocenters. The van der Waals surface area contributed by atoms with Crippen LogP contribution in [0.25, 0.3) is 0 Å². The topological polar surface area (TPSA) is 38.0 Å². The smallest absolute Gasteiger partial charge is 0.0518 e. The largest absolute Gasteiger partial charge is 0.380 e. The van der Waals surface area contributed by atoms with Gasteiger partial charge in [0.15, 0.2) is 0 Å². The standard InChI is InChI=1S/C15H24N2S/c1-10-12(8-9-16)18-13-7-5-6-11(14(13)17-10)15(2,3)4/h5-7,10,12,17H,8-9,16H2,1-4H3. The molecule has 3 N–H and O–H groups in total. The molecular weight excluding hydrogens is 240 g/mol. The Morgan fingerprint density at radius 2 is 2.06 bits per heavy atom. The van der Waals surface area contributed by atoms with E-state index in [1.807, 2.05) is 11.8 Å². The SMILES string of the molecule is CC1Nc2c(cccc2C(C)(C)C)SC1CCN. The minimum atomic E-state index is 0.180. The number of hydrogen-bond acceptors (Lipinski definition) is 3. The van der Waals surface area contributed by atoms with Gasteiger partial charge in [-0.3, -0.25) is 0 Å². The van der Waals surface area contributed by atoms with Crippen molar-refractivity contribution in [3.63, 3.8) is 0 Å². The highest BCUT2D eigenvalue weighted by molar-refractivity contribution is 8.00.